The fourth-order valence-electron chi connectivity index (χ4n) is 2.10. The molecule has 0 spiro atoms. The standard InChI is InChI=1S/C13H9NO2S/c1-7-4-5-8-11(13(16)14-12(8)15)10(7)9-3-2-6-17-9/h2-6H,1H3,(H,14,15,16). The van der Waals surface area contributed by atoms with E-state index in [0.29, 0.717) is 11.1 Å². The van der Waals surface area contributed by atoms with Crippen LogP contribution >= 0.6 is 11.3 Å². The average Bonchev–Trinajstić information content (AvgIpc) is 2.89. The molecule has 1 N–H and O–H groups in total. The third kappa shape index (κ3) is 1.41. The zero-order valence-electron chi connectivity index (χ0n) is 9.11. The fraction of sp³-hybridized carbons (Fsp3) is 0.0769. The summed E-state index contributed by atoms with van der Waals surface area (Å²) in [6.07, 6.45) is 0. The number of amides is 2. The minimum absolute atomic E-state index is 0.294. The second-order valence-electron chi connectivity index (χ2n) is 3.94. The Bertz CT molecular complexity index is 629. The van der Waals surface area contributed by atoms with Crippen molar-refractivity contribution in [3.8, 4) is 10.4 Å². The Kier molecular flexibility index (Phi) is 2.12. The highest BCUT2D eigenvalue weighted by Crippen LogP contribution is 2.34. The molecule has 1 aromatic heterocycles. The molecule has 1 aliphatic rings. The molecule has 3 rings (SSSR count). The first kappa shape index (κ1) is 10.2. The van der Waals surface area contributed by atoms with E-state index in [1.165, 1.54) is 0 Å². The average molecular weight is 243 g/mol. The molecule has 0 radical (unpaired) electrons. The van der Waals surface area contributed by atoms with Crippen molar-refractivity contribution in [3.05, 3.63) is 46.3 Å². The lowest BCUT2D eigenvalue weighted by molar-refractivity contribution is 0.0880. The molecule has 1 aromatic carbocycles. The number of imide groups is 1. The Morgan fingerprint density at radius 1 is 1.06 bits per heavy atom. The van der Waals surface area contributed by atoms with Crippen molar-refractivity contribution in [2.45, 2.75) is 6.92 Å². The minimum Gasteiger partial charge on any atom is -0.288 e. The van der Waals surface area contributed by atoms with Gasteiger partial charge in [-0.1, -0.05) is 12.1 Å². The molecule has 0 atom stereocenters. The number of hydrogen-bond acceptors (Lipinski definition) is 3. The van der Waals surface area contributed by atoms with Crippen molar-refractivity contribution in [2.24, 2.45) is 0 Å². The largest absolute Gasteiger partial charge is 0.288 e. The highest BCUT2D eigenvalue weighted by Gasteiger charge is 2.30. The molecule has 0 saturated carbocycles. The van der Waals surface area contributed by atoms with Crippen LogP contribution in [-0.4, -0.2) is 11.8 Å². The normalized spacial score (nSPS) is 13.7. The minimum atomic E-state index is -0.303. The molecule has 0 unspecified atom stereocenters. The molecule has 4 heteroatoms. The van der Waals surface area contributed by atoms with Gasteiger partial charge >= 0.3 is 0 Å². The summed E-state index contributed by atoms with van der Waals surface area (Å²) < 4.78 is 0. The summed E-state index contributed by atoms with van der Waals surface area (Å²) in [4.78, 5) is 24.4. The van der Waals surface area contributed by atoms with E-state index in [9.17, 15) is 9.59 Å². The number of benzene rings is 1. The maximum atomic E-state index is 11.8. The van der Waals surface area contributed by atoms with Crippen molar-refractivity contribution in [1.82, 2.24) is 5.32 Å². The number of hydrogen-bond donors (Lipinski definition) is 1. The molecule has 0 fully saturated rings. The van der Waals surface area contributed by atoms with Gasteiger partial charge in [0.25, 0.3) is 11.8 Å². The summed E-state index contributed by atoms with van der Waals surface area (Å²) in [5, 5.41) is 4.30. The van der Waals surface area contributed by atoms with E-state index < -0.39 is 0 Å². The van der Waals surface area contributed by atoms with Crippen LogP contribution in [0.5, 0.6) is 0 Å². The van der Waals surface area contributed by atoms with Crippen molar-refractivity contribution >= 4 is 23.2 Å². The lowest BCUT2D eigenvalue weighted by Gasteiger charge is -2.07. The number of thiophene rings is 1. The van der Waals surface area contributed by atoms with Crippen molar-refractivity contribution in [1.29, 1.82) is 0 Å². The third-order valence-electron chi connectivity index (χ3n) is 2.88. The highest BCUT2D eigenvalue weighted by atomic mass is 32.1. The van der Waals surface area contributed by atoms with E-state index >= 15 is 0 Å². The first-order valence-corrected chi connectivity index (χ1v) is 6.09. The van der Waals surface area contributed by atoms with Crippen LogP contribution in [0.25, 0.3) is 10.4 Å². The first-order valence-electron chi connectivity index (χ1n) is 5.21. The maximum Gasteiger partial charge on any atom is 0.259 e. The van der Waals surface area contributed by atoms with Crippen molar-refractivity contribution in [2.75, 3.05) is 0 Å². The van der Waals surface area contributed by atoms with Gasteiger partial charge < -0.3 is 0 Å². The van der Waals surface area contributed by atoms with Gasteiger partial charge in [-0.15, -0.1) is 11.3 Å². The van der Waals surface area contributed by atoms with Crippen molar-refractivity contribution in [3.63, 3.8) is 0 Å². The number of aryl methyl sites for hydroxylation is 1. The maximum absolute atomic E-state index is 11.8. The molecular formula is C13H9NO2S. The number of carbonyl (C=O) groups excluding carboxylic acids is 2. The lowest BCUT2D eigenvalue weighted by Crippen LogP contribution is -2.20. The SMILES string of the molecule is Cc1ccc2c(c1-c1cccs1)C(=O)NC2=O. The summed E-state index contributed by atoms with van der Waals surface area (Å²) in [5.74, 6) is -0.597. The second kappa shape index (κ2) is 3.53. The molecule has 2 aromatic rings. The Morgan fingerprint density at radius 2 is 1.88 bits per heavy atom. The van der Waals surface area contributed by atoms with Crippen LogP contribution in [0.4, 0.5) is 0 Å². The van der Waals surface area contributed by atoms with E-state index in [1.54, 1.807) is 17.4 Å². The Labute approximate surface area is 102 Å². The van der Waals surface area contributed by atoms with Gasteiger partial charge in [0.15, 0.2) is 0 Å². The summed E-state index contributed by atoms with van der Waals surface area (Å²) in [7, 11) is 0. The van der Waals surface area contributed by atoms with E-state index in [2.05, 4.69) is 5.32 Å². The molecule has 0 saturated heterocycles. The lowest BCUT2D eigenvalue weighted by atomic mass is 9.97. The molecule has 0 bridgehead atoms. The summed E-state index contributed by atoms with van der Waals surface area (Å²) in [5.41, 5.74) is 2.87. The molecule has 2 amide bonds. The van der Waals surface area contributed by atoms with Crippen LogP contribution in [-0.2, 0) is 0 Å². The Hall–Kier alpha value is -1.94. The molecule has 84 valence electrons. The predicted molar refractivity (Wildman–Crippen MR) is 66.3 cm³/mol. The Balaban J connectivity index is 2.36. The van der Waals surface area contributed by atoms with Crippen molar-refractivity contribution < 1.29 is 9.59 Å². The van der Waals surface area contributed by atoms with Crippen LogP contribution in [0.2, 0.25) is 0 Å². The van der Waals surface area contributed by atoms with E-state index in [0.717, 1.165) is 16.0 Å². The molecule has 1 aliphatic heterocycles. The highest BCUT2D eigenvalue weighted by molar-refractivity contribution is 7.13. The number of fused-ring (bicyclic) bond motifs is 1. The van der Waals surface area contributed by atoms with E-state index in [4.69, 9.17) is 0 Å². The molecule has 3 nitrogen and oxygen atoms in total. The summed E-state index contributed by atoms with van der Waals surface area (Å²) in [6.45, 7) is 1.95. The Morgan fingerprint density at radius 3 is 2.59 bits per heavy atom. The van der Waals surface area contributed by atoms with Gasteiger partial charge in [0.05, 0.1) is 11.1 Å². The van der Waals surface area contributed by atoms with Crippen LogP contribution in [0, 0.1) is 6.92 Å². The van der Waals surface area contributed by atoms with E-state index in [1.807, 2.05) is 30.5 Å². The number of rotatable bonds is 1. The van der Waals surface area contributed by atoms with Gasteiger partial charge in [-0.05, 0) is 30.0 Å². The second-order valence-corrected chi connectivity index (χ2v) is 4.89. The zero-order chi connectivity index (χ0) is 12.0. The predicted octanol–water partition coefficient (Wildman–Crippen LogP) is 2.61. The molecule has 0 aliphatic carbocycles. The van der Waals surface area contributed by atoms with Crippen LogP contribution in [0.15, 0.2) is 29.6 Å². The van der Waals surface area contributed by atoms with Gasteiger partial charge in [-0.25, -0.2) is 0 Å². The van der Waals surface area contributed by atoms with Crippen LogP contribution < -0.4 is 5.32 Å². The quantitative estimate of drug-likeness (QED) is 0.782. The third-order valence-corrected chi connectivity index (χ3v) is 3.77. The monoisotopic (exact) mass is 243 g/mol. The first-order chi connectivity index (χ1) is 8.18. The van der Waals surface area contributed by atoms with Gasteiger partial charge in [0.1, 0.15) is 0 Å². The number of carbonyl (C=O) groups is 2. The smallest absolute Gasteiger partial charge is 0.259 e. The van der Waals surface area contributed by atoms with E-state index in [-0.39, 0.29) is 11.8 Å². The van der Waals surface area contributed by atoms with Crippen LogP contribution in [0.3, 0.4) is 0 Å². The summed E-state index contributed by atoms with van der Waals surface area (Å²) >= 11 is 1.57. The van der Waals surface area contributed by atoms with Gasteiger partial charge in [0, 0.05) is 10.4 Å². The molecule has 17 heavy (non-hydrogen) atoms. The zero-order valence-corrected chi connectivity index (χ0v) is 9.93. The van der Waals surface area contributed by atoms with Gasteiger partial charge in [-0.2, -0.15) is 0 Å². The number of nitrogens with one attached hydrogen (secondary N) is 1. The summed E-state index contributed by atoms with van der Waals surface area (Å²) in [6, 6.07) is 7.49. The fourth-order valence-corrected chi connectivity index (χ4v) is 2.94. The van der Waals surface area contributed by atoms with Gasteiger partial charge in [-0.3, -0.25) is 14.9 Å². The van der Waals surface area contributed by atoms with Gasteiger partial charge in [0.2, 0.25) is 0 Å². The molecular weight excluding hydrogens is 234 g/mol. The molecule has 2 heterocycles. The topological polar surface area (TPSA) is 46.2 Å². The van der Waals surface area contributed by atoms with Crippen LogP contribution in [0.1, 0.15) is 26.3 Å².